The number of nitrogens with zero attached hydrogens (tertiary/aromatic N) is 2. The smallest absolute Gasteiger partial charge is 0.311 e. The number of nitrogens with two attached hydrogens (primary N) is 1. The van der Waals surface area contributed by atoms with Gasteiger partial charge in [-0.2, -0.15) is 4.98 Å². The number of hydrogen-bond donors (Lipinski definition) is 2. The minimum absolute atomic E-state index is 0.104. The quantitative estimate of drug-likeness (QED) is 0.497. The Morgan fingerprint density at radius 1 is 1.37 bits per heavy atom. The molecular formula is C12H12N4O3. The lowest BCUT2D eigenvalue weighted by atomic mass is 10.2. The summed E-state index contributed by atoms with van der Waals surface area (Å²) in [5.74, 6) is 6.00. The predicted molar refractivity (Wildman–Crippen MR) is 70.0 cm³/mol. The van der Waals surface area contributed by atoms with Crippen LogP contribution in [0.4, 0.5) is 11.5 Å². The summed E-state index contributed by atoms with van der Waals surface area (Å²) in [5, 5.41) is 11.0. The van der Waals surface area contributed by atoms with Crippen LogP contribution in [0.25, 0.3) is 0 Å². The van der Waals surface area contributed by atoms with Gasteiger partial charge >= 0.3 is 5.69 Å². The number of nitrogen functional groups attached to an aromatic ring is 1. The molecular weight excluding hydrogens is 248 g/mol. The van der Waals surface area contributed by atoms with Gasteiger partial charge in [0.05, 0.1) is 4.92 Å². The number of aromatic nitrogens is 1. The Morgan fingerprint density at radius 3 is 2.84 bits per heavy atom. The van der Waals surface area contributed by atoms with Gasteiger partial charge in [-0.1, -0.05) is 12.1 Å². The average Bonchev–Trinajstić information content (AvgIpc) is 2.41. The first-order valence-corrected chi connectivity index (χ1v) is 5.46. The van der Waals surface area contributed by atoms with Crippen LogP contribution < -0.4 is 16.0 Å². The Labute approximate surface area is 109 Å². The SMILES string of the molecule is Cc1ccc(Oc2cccc(NN)n2)c([N+](=O)[O-])c1. The fourth-order valence-corrected chi connectivity index (χ4v) is 1.52. The molecule has 0 amide bonds. The summed E-state index contributed by atoms with van der Waals surface area (Å²) in [7, 11) is 0. The molecule has 0 saturated carbocycles. The third-order valence-electron chi connectivity index (χ3n) is 2.40. The maximum atomic E-state index is 11.0. The normalized spacial score (nSPS) is 10.0. The lowest BCUT2D eigenvalue weighted by Crippen LogP contribution is -2.08. The minimum Gasteiger partial charge on any atom is -0.432 e. The third kappa shape index (κ3) is 2.96. The van der Waals surface area contributed by atoms with Gasteiger partial charge in [-0.05, 0) is 24.6 Å². The fraction of sp³-hybridized carbons (Fsp3) is 0.0833. The van der Waals surface area contributed by atoms with E-state index in [1.165, 1.54) is 12.1 Å². The zero-order valence-electron chi connectivity index (χ0n) is 10.2. The molecule has 98 valence electrons. The highest BCUT2D eigenvalue weighted by Crippen LogP contribution is 2.31. The second-order valence-corrected chi connectivity index (χ2v) is 3.84. The number of benzene rings is 1. The van der Waals surface area contributed by atoms with Crippen molar-refractivity contribution in [1.29, 1.82) is 0 Å². The molecule has 0 aliphatic heterocycles. The summed E-state index contributed by atoms with van der Waals surface area (Å²) in [5.41, 5.74) is 3.05. The van der Waals surface area contributed by atoms with E-state index in [4.69, 9.17) is 10.6 Å². The van der Waals surface area contributed by atoms with E-state index in [2.05, 4.69) is 10.4 Å². The largest absolute Gasteiger partial charge is 0.432 e. The third-order valence-corrected chi connectivity index (χ3v) is 2.40. The number of anilines is 1. The number of rotatable bonds is 4. The van der Waals surface area contributed by atoms with Crippen LogP contribution in [0.5, 0.6) is 11.6 Å². The Bertz CT molecular complexity index is 616. The van der Waals surface area contributed by atoms with Crippen molar-refractivity contribution in [2.45, 2.75) is 6.92 Å². The molecule has 19 heavy (non-hydrogen) atoms. The van der Waals surface area contributed by atoms with E-state index in [0.717, 1.165) is 5.56 Å². The molecule has 0 atom stereocenters. The first-order valence-electron chi connectivity index (χ1n) is 5.46. The fourth-order valence-electron chi connectivity index (χ4n) is 1.52. The van der Waals surface area contributed by atoms with E-state index < -0.39 is 4.92 Å². The average molecular weight is 260 g/mol. The number of aryl methyl sites for hydroxylation is 1. The van der Waals surface area contributed by atoms with Crippen LogP contribution >= 0.6 is 0 Å². The topological polar surface area (TPSA) is 103 Å². The molecule has 0 bridgehead atoms. The van der Waals surface area contributed by atoms with Crippen molar-refractivity contribution in [1.82, 2.24) is 4.98 Å². The van der Waals surface area contributed by atoms with Gasteiger partial charge < -0.3 is 10.2 Å². The molecule has 0 spiro atoms. The Morgan fingerprint density at radius 2 is 2.16 bits per heavy atom. The molecule has 2 rings (SSSR count). The van der Waals surface area contributed by atoms with Crippen LogP contribution in [0.1, 0.15) is 5.56 Å². The number of pyridine rings is 1. The van der Waals surface area contributed by atoms with Crippen molar-refractivity contribution in [2.75, 3.05) is 5.43 Å². The number of nitro groups is 1. The maximum absolute atomic E-state index is 11.0. The number of hydrazine groups is 1. The van der Waals surface area contributed by atoms with Gasteiger partial charge in [-0.25, -0.2) is 5.84 Å². The summed E-state index contributed by atoms with van der Waals surface area (Å²) in [6.07, 6.45) is 0. The molecule has 0 aliphatic carbocycles. The van der Waals surface area contributed by atoms with E-state index in [-0.39, 0.29) is 17.3 Å². The summed E-state index contributed by atoms with van der Waals surface area (Å²) in [6.45, 7) is 1.77. The Balaban J connectivity index is 2.34. The lowest BCUT2D eigenvalue weighted by molar-refractivity contribution is -0.385. The van der Waals surface area contributed by atoms with Gasteiger partial charge in [-0.3, -0.25) is 10.1 Å². The molecule has 7 nitrogen and oxygen atoms in total. The molecule has 0 saturated heterocycles. The molecule has 0 aliphatic rings. The molecule has 0 fully saturated rings. The van der Waals surface area contributed by atoms with E-state index >= 15 is 0 Å². The van der Waals surface area contributed by atoms with Gasteiger partial charge in [0.25, 0.3) is 0 Å². The standard InChI is InChI=1S/C12H12N4O3/c1-8-5-6-10(9(7-8)16(17)18)19-12-4-2-3-11(14-12)15-13/h2-7H,13H2,1H3,(H,14,15). The van der Waals surface area contributed by atoms with Crippen LogP contribution in [0.2, 0.25) is 0 Å². The van der Waals surface area contributed by atoms with Gasteiger partial charge in [0.1, 0.15) is 5.82 Å². The van der Waals surface area contributed by atoms with Crippen molar-refractivity contribution < 1.29 is 9.66 Å². The molecule has 1 aromatic carbocycles. The summed E-state index contributed by atoms with van der Waals surface area (Å²) in [4.78, 5) is 14.5. The predicted octanol–water partition coefficient (Wildman–Crippen LogP) is 2.38. The van der Waals surface area contributed by atoms with E-state index in [1.807, 2.05) is 0 Å². The van der Waals surface area contributed by atoms with E-state index in [9.17, 15) is 10.1 Å². The summed E-state index contributed by atoms with van der Waals surface area (Å²) < 4.78 is 5.42. The first-order chi connectivity index (χ1) is 9.10. The number of nitrogens with one attached hydrogen (secondary N) is 1. The summed E-state index contributed by atoms with van der Waals surface area (Å²) >= 11 is 0. The van der Waals surface area contributed by atoms with Crippen molar-refractivity contribution in [3.63, 3.8) is 0 Å². The number of ether oxygens (including phenoxy) is 1. The molecule has 0 unspecified atom stereocenters. The molecule has 7 heteroatoms. The van der Waals surface area contributed by atoms with Crippen molar-refractivity contribution in [2.24, 2.45) is 5.84 Å². The van der Waals surface area contributed by atoms with Crippen molar-refractivity contribution >= 4 is 11.5 Å². The molecule has 1 aromatic heterocycles. The van der Waals surface area contributed by atoms with Crippen molar-refractivity contribution in [3.05, 3.63) is 52.1 Å². The highest BCUT2D eigenvalue weighted by Gasteiger charge is 2.16. The van der Waals surface area contributed by atoms with Crippen molar-refractivity contribution in [3.8, 4) is 11.6 Å². The highest BCUT2D eigenvalue weighted by molar-refractivity contribution is 5.50. The van der Waals surface area contributed by atoms with Crippen LogP contribution in [0.3, 0.4) is 0 Å². The second-order valence-electron chi connectivity index (χ2n) is 3.84. The zero-order chi connectivity index (χ0) is 13.8. The highest BCUT2D eigenvalue weighted by atomic mass is 16.6. The van der Waals surface area contributed by atoms with Gasteiger partial charge in [0.2, 0.25) is 11.6 Å². The molecule has 2 aromatic rings. The second kappa shape index (κ2) is 5.32. The van der Waals surface area contributed by atoms with Crippen LogP contribution in [-0.4, -0.2) is 9.91 Å². The van der Waals surface area contributed by atoms with Gasteiger partial charge in [0, 0.05) is 12.1 Å². The number of nitro benzene ring substituents is 1. The Hall–Kier alpha value is -2.67. The van der Waals surface area contributed by atoms with Gasteiger partial charge in [0.15, 0.2) is 0 Å². The minimum atomic E-state index is -0.493. The molecule has 1 heterocycles. The van der Waals surface area contributed by atoms with E-state index in [0.29, 0.717) is 5.82 Å². The summed E-state index contributed by atoms with van der Waals surface area (Å²) in [6, 6.07) is 9.63. The van der Waals surface area contributed by atoms with Crippen LogP contribution in [0, 0.1) is 17.0 Å². The maximum Gasteiger partial charge on any atom is 0.311 e. The Kier molecular flexibility index (Phi) is 3.58. The molecule has 0 radical (unpaired) electrons. The molecule has 3 N–H and O–H groups in total. The van der Waals surface area contributed by atoms with Crippen LogP contribution in [0.15, 0.2) is 36.4 Å². The van der Waals surface area contributed by atoms with E-state index in [1.54, 1.807) is 31.2 Å². The van der Waals surface area contributed by atoms with Crippen LogP contribution in [-0.2, 0) is 0 Å². The monoisotopic (exact) mass is 260 g/mol. The number of hydrogen-bond acceptors (Lipinski definition) is 6. The lowest BCUT2D eigenvalue weighted by Gasteiger charge is -2.07. The van der Waals surface area contributed by atoms with Gasteiger partial charge in [-0.15, -0.1) is 0 Å². The first kappa shape index (κ1) is 12.8. The zero-order valence-corrected chi connectivity index (χ0v) is 10.2.